The van der Waals surface area contributed by atoms with Crippen molar-refractivity contribution in [2.45, 2.75) is 11.8 Å². The molecule has 0 N–H and O–H groups in total. The van der Waals surface area contributed by atoms with Crippen molar-refractivity contribution in [1.29, 1.82) is 0 Å². The lowest BCUT2D eigenvalue weighted by molar-refractivity contribution is 0.0302. The molecular formula is C19H22N2O4S. The average molecular weight is 374 g/mol. The zero-order chi connectivity index (χ0) is 18.7. The molecule has 2 aromatic carbocycles. The van der Waals surface area contributed by atoms with Gasteiger partial charge < -0.3 is 9.64 Å². The van der Waals surface area contributed by atoms with Crippen molar-refractivity contribution in [2.24, 2.45) is 0 Å². The van der Waals surface area contributed by atoms with Crippen LogP contribution in [0.25, 0.3) is 0 Å². The first-order valence-corrected chi connectivity index (χ1v) is 9.86. The van der Waals surface area contributed by atoms with Crippen LogP contribution in [0.2, 0.25) is 0 Å². The Hall–Kier alpha value is -2.38. The molecule has 1 aliphatic heterocycles. The van der Waals surface area contributed by atoms with Crippen molar-refractivity contribution in [3.8, 4) is 0 Å². The van der Waals surface area contributed by atoms with Crippen LogP contribution >= 0.6 is 0 Å². The molecule has 0 aromatic heterocycles. The van der Waals surface area contributed by atoms with Crippen molar-refractivity contribution in [1.82, 2.24) is 4.90 Å². The molecule has 0 aliphatic carbocycles. The average Bonchev–Trinajstić information content (AvgIpc) is 2.68. The van der Waals surface area contributed by atoms with Crippen molar-refractivity contribution < 1.29 is 17.9 Å². The van der Waals surface area contributed by atoms with E-state index < -0.39 is 10.0 Å². The molecule has 0 spiro atoms. The summed E-state index contributed by atoms with van der Waals surface area (Å²) < 4.78 is 32.4. The number of carbonyl (C=O) groups is 1. The molecule has 26 heavy (non-hydrogen) atoms. The Morgan fingerprint density at radius 3 is 2.38 bits per heavy atom. The SMILES string of the molecule is Cc1ccc(N(C)S(=O)(=O)c2cccc(C(=O)N3CCOCC3)c2)cc1. The van der Waals surface area contributed by atoms with Crippen molar-refractivity contribution in [2.75, 3.05) is 37.7 Å². The maximum absolute atomic E-state index is 12.9. The molecule has 6 nitrogen and oxygen atoms in total. The summed E-state index contributed by atoms with van der Waals surface area (Å²) in [6.45, 7) is 3.97. The predicted molar refractivity (Wildman–Crippen MR) is 99.9 cm³/mol. The molecule has 1 heterocycles. The van der Waals surface area contributed by atoms with Crippen LogP contribution in [-0.2, 0) is 14.8 Å². The smallest absolute Gasteiger partial charge is 0.264 e. The van der Waals surface area contributed by atoms with Crippen LogP contribution in [-0.4, -0.2) is 52.6 Å². The molecule has 1 fully saturated rings. The van der Waals surface area contributed by atoms with E-state index in [1.165, 1.54) is 23.5 Å². The van der Waals surface area contributed by atoms with Crippen LogP contribution in [0.15, 0.2) is 53.4 Å². The normalized spacial score (nSPS) is 14.9. The van der Waals surface area contributed by atoms with E-state index in [0.717, 1.165) is 5.56 Å². The van der Waals surface area contributed by atoms with Crippen LogP contribution in [0.1, 0.15) is 15.9 Å². The Kier molecular flexibility index (Phi) is 5.29. The van der Waals surface area contributed by atoms with Gasteiger partial charge in [0.25, 0.3) is 15.9 Å². The molecule has 1 saturated heterocycles. The Labute approximate surface area is 154 Å². The van der Waals surface area contributed by atoms with E-state index in [-0.39, 0.29) is 10.8 Å². The van der Waals surface area contributed by atoms with E-state index in [4.69, 9.17) is 4.74 Å². The van der Waals surface area contributed by atoms with E-state index in [1.807, 2.05) is 19.1 Å². The van der Waals surface area contributed by atoms with Gasteiger partial charge in [0.05, 0.1) is 23.8 Å². The summed E-state index contributed by atoms with van der Waals surface area (Å²) in [5.74, 6) is -0.177. The lowest BCUT2D eigenvalue weighted by atomic mass is 10.2. The van der Waals surface area contributed by atoms with Crippen LogP contribution < -0.4 is 4.31 Å². The summed E-state index contributed by atoms with van der Waals surface area (Å²) in [7, 11) is -2.24. The van der Waals surface area contributed by atoms with E-state index in [2.05, 4.69) is 0 Å². The number of nitrogens with zero attached hydrogens (tertiary/aromatic N) is 2. The number of hydrogen-bond donors (Lipinski definition) is 0. The highest BCUT2D eigenvalue weighted by atomic mass is 32.2. The molecule has 3 rings (SSSR count). The highest BCUT2D eigenvalue weighted by molar-refractivity contribution is 7.92. The highest BCUT2D eigenvalue weighted by Crippen LogP contribution is 2.23. The largest absolute Gasteiger partial charge is 0.378 e. The molecule has 2 aromatic rings. The summed E-state index contributed by atoms with van der Waals surface area (Å²) in [4.78, 5) is 14.4. The van der Waals surface area contributed by atoms with Gasteiger partial charge in [0.1, 0.15) is 0 Å². The van der Waals surface area contributed by atoms with E-state index in [1.54, 1.807) is 29.2 Å². The lowest BCUT2D eigenvalue weighted by Crippen LogP contribution is -2.40. The third kappa shape index (κ3) is 3.73. The Morgan fingerprint density at radius 1 is 1.08 bits per heavy atom. The fourth-order valence-corrected chi connectivity index (χ4v) is 4.03. The number of benzene rings is 2. The topological polar surface area (TPSA) is 66.9 Å². The summed E-state index contributed by atoms with van der Waals surface area (Å²) in [5.41, 5.74) is 1.99. The van der Waals surface area contributed by atoms with E-state index in [9.17, 15) is 13.2 Å². The van der Waals surface area contributed by atoms with Gasteiger partial charge in [-0.05, 0) is 37.3 Å². The van der Waals surface area contributed by atoms with Crippen LogP contribution in [0, 0.1) is 6.92 Å². The number of amides is 1. The second-order valence-corrected chi connectivity index (χ2v) is 8.21. The molecule has 0 bridgehead atoms. The van der Waals surface area contributed by atoms with Gasteiger partial charge in [-0.1, -0.05) is 23.8 Å². The lowest BCUT2D eigenvalue weighted by Gasteiger charge is -2.27. The summed E-state index contributed by atoms with van der Waals surface area (Å²) in [6, 6.07) is 13.4. The summed E-state index contributed by atoms with van der Waals surface area (Å²) in [6.07, 6.45) is 0. The fourth-order valence-electron chi connectivity index (χ4n) is 2.79. The summed E-state index contributed by atoms with van der Waals surface area (Å²) in [5, 5.41) is 0. The number of ether oxygens (including phenoxy) is 1. The molecule has 1 aliphatic rings. The van der Waals surface area contributed by atoms with Crippen molar-refractivity contribution >= 4 is 21.6 Å². The van der Waals surface area contributed by atoms with Gasteiger partial charge in [-0.25, -0.2) is 8.42 Å². The second kappa shape index (κ2) is 7.47. The number of sulfonamides is 1. The number of morpholine rings is 1. The molecular weight excluding hydrogens is 352 g/mol. The molecule has 0 atom stereocenters. The Bertz CT molecular complexity index is 888. The third-order valence-corrected chi connectivity index (χ3v) is 6.22. The maximum Gasteiger partial charge on any atom is 0.264 e. The molecule has 1 amide bonds. The first-order valence-electron chi connectivity index (χ1n) is 8.42. The highest BCUT2D eigenvalue weighted by Gasteiger charge is 2.24. The minimum Gasteiger partial charge on any atom is -0.378 e. The molecule has 7 heteroatoms. The minimum atomic E-state index is -3.75. The van der Waals surface area contributed by atoms with Gasteiger partial charge in [-0.2, -0.15) is 0 Å². The predicted octanol–water partition coefficient (Wildman–Crippen LogP) is 2.29. The van der Waals surface area contributed by atoms with Crippen molar-refractivity contribution in [3.05, 3.63) is 59.7 Å². The van der Waals surface area contributed by atoms with Gasteiger partial charge in [0, 0.05) is 25.7 Å². The second-order valence-electron chi connectivity index (χ2n) is 6.24. The Morgan fingerprint density at radius 2 is 1.73 bits per heavy atom. The third-order valence-electron chi connectivity index (χ3n) is 4.44. The monoisotopic (exact) mass is 374 g/mol. The zero-order valence-corrected chi connectivity index (χ0v) is 15.7. The number of aryl methyl sites for hydroxylation is 1. The summed E-state index contributed by atoms with van der Waals surface area (Å²) >= 11 is 0. The van der Waals surface area contributed by atoms with Gasteiger partial charge >= 0.3 is 0 Å². The van der Waals surface area contributed by atoms with Crippen molar-refractivity contribution in [3.63, 3.8) is 0 Å². The molecule has 138 valence electrons. The number of rotatable bonds is 4. The van der Waals surface area contributed by atoms with Crippen LogP contribution in [0.4, 0.5) is 5.69 Å². The Balaban J connectivity index is 1.88. The standard InChI is InChI=1S/C19H22N2O4S/c1-15-6-8-17(9-7-15)20(2)26(23,24)18-5-3-4-16(14-18)19(22)21-10-12-25-13-11-21/h3-9,14H,10-13H2,1-2H3. The van der Waals surface area contributed by atoms with Crippen LogP contribution in [0.5, 0.6) is 0 Å². The maximum atomic E-state index is 12.9. The number of hydrogen-bond acceptors (Lipinski definition) is 4. The minimum absolute atomic E-state index is 0.0969. The molecule has 0 unspecified atom stereocenters. The number of anilines is 1. The van der Waals surface area contributed by atoms with Gasteiger partial charge in [-0.15, -0.1) is 0 Å². The quantitative estimate of drug-likeness (QED) is 0.824. The van der Waals surface area contributed by atoms with Crippen LogP contribution in [0.3, 0.4) is 0 Å². The molecule has 0 radical (unpaired) electrons. The van der Waals surface area contributed by atoms with E-state index in [0.29, 0.717) is 37.6 Å². The van der Waals surface area contributed by atoms with Gasteiger partial charge in [0.2, 0.25) is 0 Å². The first kappa shape index (κ1) is 18.4. The number of carbonyl (C=O) groups excluding carboxylic acids is 1. The first-order chi connectivity index (χ1) is 12.4. The van der Waals surface area contributed by atoms with Gasteiger partial charge in [0.15, 0.2) is 0 Å². The molecule has 0 saturated carbocycles. The zero-order valence-electron chi connectivity index (χ0n) is 14.9. The van der Waals surface area contributed by atoms with Gasteiger partial charge in [-0.3, -0.25) is 9.10 Å². The fraction of sp³-hybridized carbons (Fsp3) is 0.316. The van der Waals surface area contributed by atoms with E-state index >= 15 is 0 Å².